The molecule has 1 aromatic heterocycles. The topological polar surface area (TPSA) is 116 Å². The van der Waals surface area contributed by atoms with Crippen molar-refractivity contribution in [3.05, 3.63) is 82.4 Å². The highest BCUT2D eigenvalue weighted by atomic mass is 19.1. The first-order chi connectivity index (χ1) is 14.8. The van der Waals surface area contributed by atoms with E-state index in [1.54, 1.807) is 17.1 Å². The third-order valence-electron chi connectivity index (χ3n) is 4.36. The van der Waals surface area contributed by atoms with Crippen molar-refractivity contribution in [2.24, 2.45) is 0 Å². The summed E-state index contributed by atoms with van der Waals surface area (Å²) in [4.78, 5) is 34.2. The third kappa shape index (κ3) is 5.72. The maximum Gasteiger partial charge on any atom is 0.306 e. The van der Waals surface area contributed by atoms with Crippen LogP contribution >= 0.6 is 0 Å². The molecule has 0 aliphatic rings. The van der Waals surface area contributed by atoms with Crippen molar-refractivity contribution in [1.82, 2.24) is 9.78 Å². The number of nitro benzene ring substituents is 1. The number of hydrogen-bond acceptors (Lipinski definition) is 6. The van der Waals surface area contributed by atoms with Gasteiger partial charge in [-0.2, -0.15) is 9.49 Å². The van der Waals surface area contributed by atoms with Crippen LogP contribution in [0.2, 0.25) is 0 Å². The minimum Gasteiger partial charge on any atom is -0.453 e. The normalized spacial score (nSPS) is 11.5. The molecule has 1 N–H and O–H groups in total. The van der Waals surface area contributed by atoms with Crippen LogP contribution in [0.3, 0.4) is 0 Å². The number of nitrogens with zero attached hydrogens (tertiary/aromatic N) is 3. The Labute approximate surface area is 176 Å². The fraction of sp³-hybridized carbons (Fsp3) is 0.190. The number of benzene rings is 2. The van der Waals surface area contributed by atoms with Gasteiger partial charge in [-0.1, -0.05) is 18.2 Å². The van der Waals surface area contributed by atoms with Gasteiger partial charge in [0.2, 0.25) is 5.82 Å². The van der Waals surface area contributed by atoms with Gasteiger partial charge < -0.3 is 10.1 Å². The Morgan fingerprint density at radius 3 is 2.71 bits per heavy atom. The first-order valence-corrected chi connectivity index (χ1v) is 9.37. The van der Waals surface area contributed by atoms with E-state index >= 15 is 0 Å². The van der Waals surface area contributed by atoms with E-state index in [4.69, 9.17) is 4.74 Å². The lowest BCUT2D eigenvalue weighted by Gasteiger charge is -2.13. The van der Waals surface area contributed by atoms with Gasteiger partial charge in [0.05, 0.1) is 16.8 Å². The summed E-state index contributed by atoms with van der Waals surface area (Å²) in [5.41, 5.74) is 0.979. The minimum atomic E-state index is -1.14. The number of anilines is 1. The van der Waals surface area contributed by atoms with Gasteiger partial charge in [-0.3, -0.25) is 19.7 Å². The predicted octanol–water partition coefficient (Wildman–Crippen LogP) is 3.42. The fourth-order valence-electron chi connectivity index (χ4n) is 2.74. The zero-order chi connectivity index (χ0) is 22.4. The number of rotatable bonds is 8. The molecule has 160 valence electrons. The largest absolute Gasteiger partial charge is 0.453 e. The van der Waals surface area contributed by atoms with Gasteiger partial charge in [0.25, 0.3) is 5.91 Å². The van der Waals surface area contributed by atoms with Crippen LogP contribution in [0.5, 0.6) is 0 Å². The summed E-state index contributed by atoms with van der Waals surface area (Å²) >= 11 is 0. The zero-order valence-corrected chi connectivity index (χ0v) is 16.5. The molecule has 0 aliphatic carbocycles. The monoisotopic (exact) mass is 426 g/mol. The number of carbonyl (C=O) groups excluding carboxylic acids is 2. The van der Waals surface area contributed by atoms with Gasteiger partial charge in [-0.15, -0.1) is 0 Å². The summed E-state index contributed by atoms with van der Waals surface area (Å²) in [5.74, 6) is -2.29. The molecule has 0 bridgehead atoms. The summed E-state index contributed by atoms with van der Waals surface area (Å²) in [5, 5.41) is 17.4. The van der Waals surface area contributed by atoms with Crippen LogP contribution in [-0.4, -0.2) is 32.7 Å². The molecule has 31 heavy (non-hydrogen) atoms. The van der Waals surface area contributed by atoms with Crippen molar-refractivity contribution in [2.75, 3.05) is 5.32 Å². The molecule has 3 aromatic rings. The molecule has 1 heterocycles. The highest BCUT2D eigenvalue weighted by Gasteiger charge is 2.20. The van der Waals surface area contributed by atoms with Crippen molar-refractivity contribution in [3.8, 4) is 5.69 Å². The van der Waals surface area contributed by atoms with Gasteiger partial charge in [-0.05, 0) is 43.2 Å². The number of esters is 1. The number of ether oxygens (including phenoxy) is 1. The number of nitro groups is 1. The summed E-state index contributed by atoms with van der Waals surface area (Å²) in [6, 6.07) is 12.4. The van der Waals surface area contributed by atoms with E-state index in [1.807, 2.05) is 30.3 Å². The van der Waals surface area contributed by atoms with Crippen LogP contribution in [0.25, 0.3) is 5.69 Å². The number of para-hydroxylation sites is 1. The molecule has 0 spiro atoms. The lowest BCUT2D eigenvalue weighted by atomic mass is 10.2. The Bertz CT molecular complexity index is 1100. The molecule has 0 fully saturated rings. The van der Waals surface area contributed by atoms with Crippen molar-refractivity contribution in [2.45, 2.75) is 25.9 Å². The first-order valence-electron chi connectivity index (χ1n) is 9.37. The Kier molecular flexibility index (Phi) is 6.71. The lowest BCUT2D eigenvalue weighted by molar-refractivity contribution is -0.387. The second-order valence-corrected chi connectivity index (χ2v) is 6.67. The van der Waals surface area contributed by atoms with Gasteiger partial charge in [0.1, 0.15) is 0 Å². The molecule has 1 unspecified atom stereocenters. The Morgan fingerprint density at radius 1 is 1.26 bits per heavy atom. The predicted molar refractivity (Wildman–Crippen MR) is 109 cm³/mol. The molecule has 0 aliphatic heterocycles. The number of aromatic nitrogens is 2. The van der Waals surface area contributed by atoms with Crippen molar-refractivity contribution < 1.29 is 23.6 Å². The third-order valence-corrected chi connectivity index (χ3v) is 4.36. The van der Waals surface area contributed by atoms with E-state index < -0.39 is 34.4 Å². The second-order valence-electron chi connectivity index (χ2n) is 6.67. The maximum atomic E-state index is 13.4. The van der Waals surface area contributed by atoms with E-state index in [2.05, 4.69) is 10.4 Å². The summed E-state index contributed by atoms with van der Waals surface area (Å²) in [6.07, 6.45) is 2.74. The summed E-state index contributed by atoms with van der Waals surface area (Å²) in [7, 11) is 0. The van der Waals surface area contributed by atoms with Crippen LogP contribution in [0, 0.1) is 15.9 Å². The molecule has 1 amide bonds. The highest BCUT2D eigenvalue weighted by Crippen LogP contribution is 2.22. The number of nitrogens with one attached hydrogen (secondary N) is 1. The van der Waals surface area contributed by atoms with Crippen LogP contribution < -0.4 is 5.32 Å². The lowest BCUT2D eigenvalue weighted by Crippen LogP contribution is -2.30. The molecular formula is C21H19FN4O5. The fourth-order valence-corrected chi connectivity index (χ4v) is 2.74. The van der Waals surface area contributed by atoms with Crippen LogP contribution in [0.1, 0.15) is 18.9 Å². The van der Waals surface area contributed by atoms with Crippen LogP contribution in [0.4, 0.5) is 15.8 Å². The van der Waals surface area contributed by atoms with E-state index in [0.717, 1.165) is 23.4 Å². The molecule has 0 radical (unpaired) electrons. The van der Waals surface area contributed by atoms with E-state index in [0.29, 0.717) is 6.42 Å². The van der Waals surface area contributed by atoms with Crippen molar-refractivity contribution in [1.29, 1.82) is 0 Å². The second kappa shape index (κ2) is 9.61. The Morgan fingerprint density at radius 2 is 2.00 bits per heavy atom. The Balaban J connectivity index is 1.50. The number of halogens is 1. The quantitative estimate of drug-likeness (QED) is 0.335. The number of hydrogen-bond donors (Lipinski definition) is 1. The number of carbonyl (C=O) groups is 2. The van der Waals surface area contributed by atoms with Gasteiger partial charge in [0.15, 0.2) is 6.10 Å². The van der Waals surface area contributed by atoms with E-state index in [-0.39, 0.29) is 12.1 Å². The Hall–Kier alpha value is -4.08. The molecule has 10 heteroatoms. The number of amides is 1. The minimum absolute atomic E-state index is 0.0225. The van der Waals surface area contributed by atoms with Gasteiger partial charge in [0, 0.05) is 24.4 Å². The van der Waals surface area contributed by atoms with Crippen LogP contribution in [-0.2, 0) is 20.7 Å². The molecule has 0 saturated carbocycles. The average molecular weight is 426 g/mol. The smallest absolute Gasteiger partial charge is 0.306 e. The van der Waals surface area contributed by atoms with Gasteiger partial charge >= 0.3 is 11.7 Å². The number of aryl methyl sites for hydroxylation is 1. The average Bonchev–Trinajstić information content (AvgIpc) is 3.23. The van der Waals surface area contributed by atoms with E-state index in [1.165, 1.54) is 13.0 Å². The molecule has 1 atom stereocenters. The SMILES string of the molecule is CC(OC(=O)CCc1cnn(-c2ccccc2)c1)C(=O)Nc1ccc(F)c([N+](=O)[O-])c1. The maximum absolute atomic E-state index is 13.4. The van der Waals surface area contributed by atoms with Gasteiger partial charge in [-0.25, -0.2) is 4.68 Å². The van der Waals surface area contributed by atoms with Crippen molar-refractivity contribution >= 4 is 23.3 Å². The first kappa shape index (κ1) is 21.6. The molecule has 3 rings (SSSR count). The standard InChI is InChI=1S/C21H19FN4O5/c1-14(21(28)24-16-8-9-18(22)19(11-16)26(29)30)31-20(27)10-7-15-12-23-25(13-15)17-5-3-2-4-6-17/h2-6,8-9,11-14H,7,10H2,1H3,(H,24,28). The highest BCUT2D eigenvalue weighted by molar-refractivity contribution is 5.95. The van der Waals surface area contributed by atoms with Crippen LogP contribution in [0.15, 0.2) is 60.9 Å². The summed E-state index contributed by atoms with van der Waals surface area (Å²) in [6.45, 7) is 1.37. The van der Waals surface area contributed by atoms with Crippen molar-refractivity contribution in [3.63, 3.8) is 0 Å². The molecule has 9 nitrogen and oxygen atoms in total. The molecule has 2 aromatic carbocycles. The molecular weight excluding hydrogens is 407 g/mol. The molecule has 0 saturated heterocycles. The zero-order valence-electron chi connectivity index (χ0n) is 16.5. The van der Waals surface area contributed by atoms with E-state index in [9.17, 15) is 24.1 Å². The summed E-state index contributed by atoms with van der Waals surface area (Å²) < 4.78 is 20.2.